The summed E-state index contributed by atoms with van der Waals surface area (Å²) in [6.07, 6.45) is 2.18. The van der Waals surface area contributed by atoms with Gasteiger partial charge in [0.05, 0.1) is 7.11 Å². The molecule has 1 N–H and O–H groups in total. The molecule has 1 amide bonds. The SMILES string of the molecule is COc1ccc(-c2n[nH]c(=S)n2CCC(=O)N2CCC(Oc3c(C)cccc3C)CC2)cc1. The van der Waals surface area contributed by atoms with Gasteiger partial charge < -0.3 is 14.4 Å². The molecule has 0 bridgehead atoms. The van der Waals surface area contributed by atoms with E-state index in [4.69, 9.17) is 21.7 Å². The van der Waals surface area contributed by atoms with Gasteiger partial charge in [-0.05, 0) is 61.5 Å². The van der Waals surface area contributed by atoms with Crippen LogP contribution in [-0.4, -0.2) is 51.9 Å². The lowest BCUT2D eigenvalue weighted by Crippen LogP contribution is -2.42. The fourth-order valence-electron chi connectivity index (χ4n) is 4.23. The molecule has 4 rings (SSSR count). The van der Waals surface area contributed by atoms with Gasteiger partial charge in [0.1, 0.15) is 17.6 Å². The Balaban J connectivity index is 1.33. The first-order valence-corrected chi connectivity index (χ1v) is 11.7. The third kappa shape index (κ3) is 5.27. The number of nitrogens with zero attached hydrogens (tertiary/aromatic N) is 3. The highest BCUT2D eigenvalue weighted by molar-refractivity contribution is 7.71. The molecule has 0 radical (unpaired) electrons. The number of aromatic nitrogens is 3. The minimum atomic E-state index is 0.129. The first-order chi connectivity index (χ1) is 16.0. The van der Waals surface area contributed by atoms with E-state index >= 15 is 0 Å². The van der Waals surface area contributed by atoms with Crippen molar-refractivity contribution in [1.29, 1.82) is 0 Å². The molecule has 2 aromatic carbocycles. The lowest BCUT2D eigenvalue weighted by molar-refractivity contribution is -0.133. The van der Waals surface area contributed by atoms with Gasteiger partial charge in [-0.2, -0.15) is 5.10 Å². The van der Waals surface area contributed by atoms with Gasteiger partial charge in [-0.25, -0.2) is 0 Å². The number of nitrogens with one attached hydrogen (secondary N) is 1. The molecular weight excluding hydrogens is 436 g/mol. The second-order valence-electron chi connectivity index (χ2n) is 8.40. The van der Waals surface area contributed by atoms with Crippen LogP contribution in [0.5, 0.6) is 11.5 Å². The highest BCUT2D eigenvalue weighted by atomic mass is 32.1. The van der Waals surface area contributed by atoms with Crippen LogP contribution >= 0.6 is 12.2 Å². The number of rotatable bonds is 7. The number of likely N-dealkylation sites (tertiary alicyclic amines) is 1. The van der Waals surface area contributed by atoms with Crippen LogP contribution in [0.3, 0.4) is 0 Å². The van der Waals surface area contributed by atoms with Crippen molar-refractivity contribution in [2.75, 3.05) is 20.2 Å². The zero-order valence-corrected chi connectivity index (χ0v) is 20.2. The van der Waals surface area contributed by atoms with E-state index < -0.39 is 0 Å². The number of carbonyl (C=O) groups excluding carboxylic acids is 1. The maximum Gasteiger partial charge on any atom is 0.224 e. The molecule has 33 heavy (non-hydrogen) atoms. The number of H-pyrrole nitrogens is 1. The Labute approximate surface area is 199 Å². The van der Waals surface area contributed by atoms with Crippen LogP contribution in [0.15, 0.2) is 42.5 Å². The monoisotopic (exact) mass is 466 g/mol. The third-order valence-corrected chi connectivity index (χ3v) is 6.46. The van der Waals surface area contributed by atoms with Crippen molar-refractivity contribution in [3.8, 4) is 22.9 Å². The predicted octanol–water partition coefficient (Wildman–Crippen LogP) is 4.69. The Morgan fingerprint density at radius 2 is 1.79 bits per heavy atom. The van der Waals surface area contributed by atoms with Gasteiger partial charge in [0.15, 0.2) is 10.6 Å². The smallest absolute Gasteiger partial charge is 0.224 e. The number of amides is 1. The lowest BCUT2D eigenvalue weighted by Gasteiger charge is -2.33. The summed E-state index contributed by atoms with van der Waals surface area (Å²) in [4.78, 5) is 14.8. The van der Waals surface area contributed by atoms with E-state index in [2.05, 4.69) is 36.2 Å². The second kappa shape index (κ2) is 10.2. The fraction of sp³-hybridized carbons (Fsp3) is 0.400. The Bertz CT molecular complexity index is 1140. The average Bonchev–Trinajstić information content (AvgIpc) is 3.20. The number of hydrogen-bond acceptors (Lipinski definition) is 5. The Morgan fingerprint density at radius 1 is 1.12 bits per heavy atom. The summed E-state index contributed by atoms with van der Waals surface area (Å²) >= 11 is 5.41. The Kier molecular flexibility index (Phi) is 7.13. The van der Waals surface area contributed by atoms with Gasteiger partial charge in [0.2, 0.25) is 5.91 Å². The standard InChI is InChI=1S/C25H30N4O3S/c1-17-5-4-6-18(2)23(17)32-21-11-14-28(15-12-21)22(30)13-16-29-24(26-27-25(29)33)19-7-9-20(31-3)10-8-19/h4-10,21H,11-16H2,1-3H3,(H,27,33). The van der Waals surface area contributed by atoms with E-state index in [1.54, 1.807) is 7.11 Å². The van der Waals surface area contributed by atoms with Crippen molar-refractivity contribution in [1.82, 2.24) is 19.7 Å². The normalized spacial score (nSPS) is 14.3. The van der Waals surface area contributed by atoms with E-state index in [-0.39, 0.29) is 12.0 Å². The van der Waals surface area contributed by atoms with Crippen molar-refractivity contribution in [2.45, 2.75) is 45.8 Å². The predicted molar refractivity (Wildman–Crippen MR) is 130 cm³/mol. The van der Waals surface area contributed by atoms with Crippen LogP contribution in [-0.2, 0) is 11.3 Å². The van der Waals surface area contributed by atoms with Gasteiger partial charge in [-0.1, -0.05) is 18.2 Å². The highest BCUT2D eigenvalue weighted by Crippen LogP contribution is 2.27. The zero-order chi connectivity index (χ0) is 23.4. The zero-order valence-electron chi connectivity index (χ0n) is 19.3. The van der Waals surface area contributed by atoms with Crippen molar-refractivity contribution in [2.24, 2.45) is 0 Å². The van der Waals surface area contributed by atoms with Crippen LogP contribution < -0.4 is 9.47 Å². The number of aromatic amines is 1. The largest absolute Gasteiger partial charge is 0.497 e. The fourth-order valence-corrected chi connectivity index (χ4v) is 4.45. The Morgan fingerprint density at radius 3 is 2.42 bits per heavy atom. The van der Waals surface area contributed by atoms with E-state index in [9.17, 15) is 4.79 Å². The number of aryl methyl sites for hydroxylation is 2. The van der Waals surface area contributed by atoms with Gasteiger partial charge in [-0.3, -0.25) is 14.5 Å². The lowest BCUT2D eigenvalue weighted by atomic mass is 10.1. The van der Waals surface area contributed by atoms with Crippen LogP contribution in [0.25, 0.3) is 11.4 Å². The Hall–Kier alpha value is -3.13. The molecular formula is C25H30N4O3S. The summed E-state index contributed by atoms with van der Waals surface area (Å²) < 4.78 is 13.9. The molecule has 1 aromatic heterocycles. The van der Waals surface area contributed by atoms with Crippen LogP contribution in [0.2, 0.25) is 0 Å². The summed E-state index contributed by atoms with van der Waals surface area (Å²) in [6.45, 7) is 6.03. The molecule has 1 aliphatic rings. The van der Waals surface area contributed by atoms with Gasteiger partial charge in [0.25, 0.3) is 0 Å². The summed E-state index contributed by atoms with van der Waals surface area (Å²) in [7, 11) is 1.63. The van der Waals surface area contributed by atoms with Crippen molar-refractivity contribution in [3.63, 3.8) is 0 Å². The molecule has 3 aromatic rings. The molecule has 1 fully saturated rings. The molecule has 0 atom stereocenters. The first kappa shape index (κ1) is 23.0. The highest BCUT2D eigenvalue weighted by Gasteiger charge is 2.25. The second-order valence-corrected chi connectivity index (χ2v) is 8.79. The maximum atomic E-state index is 12.9. The first-order valence-electron chi connectivity index (χ1n) is 11.3. The average molecular weight is 467 g/mol. The number of para-hydroxylation sites is 1. The third-order valence-electron chi connectivity index (χ3n) is 6.14. The number of benzene rings is 2. The van der Waals surface area contributed by atoms with Crippen molar-refractivity contribution < 1.29 is 14.3 Å². The molecule has 0 saturated carbocycles. The number of piperidine rings is 1. The molecule has 1 aliphatic heterocycles. The van der Waals surface area contributed by atoms with E-state index in [0.29, 0.717) is 30.8 Å². The van der Waals surface area contributed by atoms with Gasteiger partial charge in [0, 0.05) is 44.5 Å². The number of methoxy groups -OCH3 is 1. The van der Waals surface area contributed by atoms with E-state index in [1.807, 2.05) is 39.8 Å². The topological polar surface area (TPSA) is 72.4 Å². The van der Waals surface area contributed by atoms with Gasteiger partial charge >= 0.3 is 0 Å². The van der Waals surface area contributed by atoms with Crippen LogP contribution in [0, 0.1) is 18.6 Å². The molecule has 2 heterocycles. The van der Waals surface area contributed by atoms with Crippen LogP contribution in [0.1, 0.15) is 30.4 Å². The number of carbonyl (C=O) groups is 1. The molecule has 1 saturated heterocycles. The quantitative estimate of drug-likeness (QED) is 0.511. The summed E-state index contributed by atoms with van der Waals surface area (Å²) in [6, 6.07) is 13.8. The summed E-state index contributed by atoms with van der Waals surface area (Å²) in [5, 5.41) is 7.21. The number of hydrogen-bond donors (Lipinski definition) is 1. The molecule has 0 spiro atoms. The van der Waals surface area contributed by atoms with E-state index in [0.717, 1.165) is 46.9 Å². The van der Waals surface area contributed by atoms with Crippen LogP contribution in [0.4, 0.5) is 0 Å². The molecule has 174 valence electrons. The van der Waals surface area contributed by atoms with Crippen molar-refractivity contribution in [3.05, 3.63) is 58.4 Å². The molecule has 0 unspecified atom stereocenters. The minimum absolute atomic E-state index is 0.129. The summed E-state index contributed by atoms with van der Waals surface area (Å²) in [5.74, 6) is 2.60. The molecule has 8 heteroatoms. The minimum Gasteiger partial charge on any atom is -0.497 e. The van der Waals surface area contributed by atoms with E-state index in [1.165, 1.54) is 0 Å². The molecule has 7 nitrogen and oxygen atoms in total. The maximum absolute atomic E-state index is 12.9. The summed E-state index contributed by atoms with van der Waals surface area (Å²) in [5.41, 5.74) is 3.22. The number of ether oxygens (including phenoxy) is 2. The molecule has 0 aliphatic carbocycles. The van der Waals surface area contributed by atoms with Gasteiger partial charge in [-0.15, -0.1) is 0 Å². The van der Waals surface area contributed by atoms with Crippen molar-refractivity contribution >= 4 is 18.1 Å².